The molecule has 0 saturated carbocycles. The van der Waals surface area contributed by atoms with Crippen LogP contribution in [0.5, 0.6) is 5.75 Å². The van der Waals surface area contributed by atoms with E-state index in [0.717, 1.165) is 10.6 Å². The van der Waals surface area contributed by atoms with Gasteiger partial charge in [0.05, 0.1) is 7.11 Å². The van der Waals surface area contributed by atoms with Gasteiger partial charge in [-0.3, -0.25) is 10.2 Å². The largest absolute Gasteiger partial charge is 0.497 e. The highest BCUT2D eigenvalue weighted by molar-refractivity contribution is 8.00. The lowest BCUT2D eigenvalue weighted by atomic mass is 10.3. The van der Waals surface area contributed by atoms with Crippen LogP contribution in [0, 0.1) is 0 Å². The summed E-state index contributed by atoms with van der Waals surface area (Å²) in [6.07, 6.45) is 0.410. The second-order valence-corrected chi connectivity index (χ2v) is 4.89. The van der Waals surface area contributed by atoms with Crippen LogP contribution in [0.1, 0.15) is 13.3 Å². The number of rotatable bonds is 5. The molecule has 0 heterocycles. The zero-order chi connectivity index (χ0) is 12.0. The first-order valence-corrected chi connectivity index (χ1v) is 5.84. The van der Waals surface area contributed by atoms with Gasteiger partial charge in [-0.1, -0.05) is 6.92 Å². The molecule has 0 fully saturated rings. The Morgan fingerprint density at radius 1 is 1.50 bits per heavy atom. The minimum atomic E-state index is -0.145. The molecule has 1 aromatic rings. The monoisotopic (exact) mass is 240 g/mol. The van der Waals surface area contributed by atoms with Crippen molar-refractivity contribution in [3.05, 3.63) is 24.3 Å². The number of amides is 1. The molecule has 0 aromatic heterocycles. The lowest BCUT2D eigenvalue weighted by Gasteiger charge is -2.10. The SMILES string of the molecule is COc1ccc(SC(C)CC(=O)NN)cc1. The Morgan fingerprint density at radius 3 is 2.62 bits per heavy atom. The molecule has 0 radical (unpaired) electrons. The minimum Gasteiger partial charge on any atom is -0.497 e. The number of nitrogens with one attached hydrogen (secondary N) is 1. The lowest BCUT2D eigenvalue weighted by molar-refractivity contribution is -0.121. The van der Waals surface area contributed by atoms with Gasteiger partial charge in [0.1, 0.15) is 5.75 Å². The van der Waals surface area contributed by atoms with Crippen LogP contribution in [0.3, 0.4) is 0 Å². The molecular weight excluding hydrogens is 224 g/mol. The number of benzene rings is 1. The van der Waals surface area contributed by atoms with Gasteiger partial charge in [0.2, 0.25) is 5.91 Å². The number of ether oxygens (including phenoxy) is 1. The molecule has 0 saturated heterocycles. The first-order chi connectivity index (χ1) is 7.65. The van der Waals surface area contributed by atoms with Crippen molar-refractivity contribution in [1.82, 2.24) is 5.43 Å². The fraction of sp³-hybridized carbons (Fsp3) is 0.364. The van der Waals surface area contributed by atoms with Crippen molar-refractivity contribution in [2.45, 2.75) is 23.5 Å². The zero-order valence-electron chi connectivity index (χ0n) is 9.40. The molecule has 5 heteroatoms. The summed E-state index contributed by atoms with van der Waals surface area (Å²) in [5, 5.41) is 0.192. The topological polar surface area (TPSA) is 64.3 Å². The molecule has 0 aliphatic rings. The van der Waals surface area contributed by atoms with Crippen LogP contribution in [-0.2, 0) is 4.79 Å². The summed E-state index contributed by atoms with van der Waals surface area (Å²) in [4.78, 5) is 12.2. The predicted molar refractivity (Wildman–Crippen MR) is 65.3 cm³/mol. The number of nitrogens with two attached hydrogens (primary N) is 1. The van der Waals surface area contributed by atoms with Crippen molar-refractivity contribution in [2.24, 2.45) is 5.84 Å². The second-order valence-electron chi connectivity index (χ2n) is 3.38. The van der Waals surface area contributed by atoms with Crippen molar-refractivity contribution in [3.63, 3.8) is 0 Å². The number of carbonyl (C=O) groups is 1. The van der Waals surface area contributed by atoms with Gasteiger partial charge in [0.25, 0.3) is 0 Å². The number of methoxy groups -OCH3 is 1. The Labute approximate surface area is 99.5 Å². The van der Waals surface area contributed by atoms with Gasteiger partial charge >= 0.3 is 0 Å². The molecular formula is C11H16N2O2S. The summed E-state index contributed by atoms with van der Waals surface area (Å²) in [6.45, 7) is 1.99. The summed E-state index contributed by atoms with van der Waals surface area (Å²) in [5.41, 5.74) is 2.13. The molecule has 16 heavy (non-hydrogen) atoms. The van der Waals surface area contributed by atoms with Crippen molar-refractivity contribution in [1.29, 1.82) is 0 Å². The summed E-state index contributed by atoms with van der Waals surface area (Å²) >= 11 is 1.63. The summed E-state index contributed by atoms with van der Waals surface area (Å²) in [6, 6.07) is 7.75. The maximum absolute atomic E-state index is 11.0. The van der Waals surface area contributed by atoms with Crippen LogP contribution < -0.4 is 16.0 Å². The summed E-state index contributed by atoms with van der Waals surface area (Å²) in [7, 11) is 1.64. The lowest BCUT2D eigenvalue weighted by Crippen LogP contribution is -2.31. The first kappa shape index (κ1) is 12.9. The maximum atomic E-state index is 11.0. The van der Waals surface area contributed by atoms with Gasteiger partial charge in [-0.15, -0.1) is 11.8 Å². The van der Waals surface area contributed by atoms with Crippen LogP contribution in [0.2, 0.25) is 0 Å². The predicted octanol–water partition coefficient (Wildman–Crippen LogP) is 1.56. The average molecular weight is 240 g/mol. The van der Waals surface area contributed by atoms with Crippen molar-refractivity contribution in [2.75, 3.05) is 7.11 Å². The molecule has 1 amide bonds. The van der Waals surface area contributed by atoms with Crippen molar-refractivity contribution < 1.29 is 9.53 Å². The molecule has 0 aliphatic heterocycles. The molecule has 1 atom stereocenters. The fourth-order valence-corrected chi connectivity index (χ4v) is 2.24. The van der Waals surface area contributed by atoms with E-state index in [0.29, 0.717) is 6.42 Å². The highest BCUT2D eigenvalue weighted by Crippen LogP contribution is 2.26. The molecule has 3 N–H and O–H groups in total. The average Bonchev–Trinajstić information content (AvgIpc) is 2.29. The van der Waals surface area contributed by atoms with E-state index in [9.17, 15) is 4.79 Å². The van der Waals surface area contributed by atoms with Crippen LogP contribution >= 0.6 is 11.8 Å². The number of hydrogen-bond acceptors (Lipinski definition) is 4. The Morgan fingerprint density at radius 2 is 2.12 bits per heavy atom. The third-order valence-electron chi connectivity index (χ3n) is 2.03. The molecule has 0 spiro atoms. The van der Waals surface area contributed by atoms with Gasteiger partial charge in [0, 0.05) is 16.6 Å². The zero-order valence-corrected chi connectivity index (χ0v) is 10.2. The van der Waals surface area contributed by atoms with E-state index in [1.54, 1.807) is 18.9 Å². The third kappa shape index (κ3) is 4.12. The van der Waals surface area contributed by atoms with E-state index in [1.807, 2.05) is 31.2 Å². The number of carbonyl (C=O) groups excluding carboxylic acids is 1. The minimum absolute atomic E-state index is 0.145. The normalized spacial score (nSPS) is 11.9. The second kappa shape index (κ2) is 6.40. The van der Waals surface area contributed by atoms with E-state index in [2.05, 4.69) is 5.43 Å². The molecule has 1 unspecified atom stereocenters. The first-order valence-electron chi connectivity index (χ1n) is 4.96. The highest BCUT2D eigenvalue weighted by atomic mass is 32.2. The van der Waals surface area contributed by atoms with Crippen LogP contribution in [0.25, 0.3) is 0 Å². The summed E-state index contributed by atoms with van der Waals surface area (Å²) < 4.78 is 5.07. The van der Waals surface area contributed by atoms with Gasteiger partial charge in [-0.25, -0.2) is 5.84 Å². The van der Waals surface area contributed by atoms with Crippen LogP contribution in [0.4, 0.5) is 0 Å². The van der Waals surface area contributed by atoms with E-state index in [-0.39, 0.29) is 11.2 Å². The van der Waals surface area contributed by atoms with Crippen molar-refractivity contribution >= 4 is 17.7 Å². The van der Waals surface area contributed by atoms with Crippen molar-refractivity contribution in [3.8, 4) is 5.75 Å². The quantitative estimate of drug-likeness (QED) is 0.355. The number of hydrazine groups is 1. The van der Waals surface area contributed by atoms with Gasteiger partial charge in [0.15, 0.2) is 0 Å². The Kier molecular flexibility index (Phi) is 5.14. The third-order valence-corrected chi connectivity index (χ3v) is 3.14. The van der Waals surface area contributed by atoms with E-state index in [1.165, 1.54) is 0 Å². The number of thioether (sulfide) groups is 1. The molecule has 88 valence electrons. The molecule has 1 aromatic carbocycles. The van der Waals surface area contributed by atoms with E-state index >= 15 is 0 Å². The highest BCUT2D eigenvalue weighted by Gasteiger charge is 2.09. The van der Waals surface area contributed by atoms with E-state index < -0.39 is 0 Å². The summed E-state index contributed by atoms with van der Waals surface area (Å²) in [5.74, 6) is 5.71. The van der Waals surface area contributed by atoms with Gasteiger partial charge in [-0.2, -0.15) is 0 Å². The smallest absolute Gasteiger partial charge is 0.234 e. The standard InChI is InChI=1S/C11H16N2O2S/c1-8(7-11(14)13-12)16-10-5-3-9(15-2)4-6-10/h3-6,8H,7,12H2,1-2H3,(H,13,14). The van der Waals surface area contributed by atoms with Crippen LogP contribution in [0.15, 0.2) is 29.2 Å². The molecule has 1 rings (SSSR count). The molecule has 4 nitrogen and oxygen atoms in total. The Balaban J connectivity index is 2.49. The van der Waals surface area contributed by atoms with Gasteiger partial charge in [-0.05, 0) is 24.3 Å². The van der Waals surface area contributed by atoms with Crippen LogP contribution in [-0.4, -0.2) is 18.3 Å². The Bertz CT molecular complexity index is 340. The molecule has 0 bridgehead atoms. The molecule has 0 aliphatic carbocycles. The van der Waals surface area contributed by atoms with E-state index in [4.69, 9.17) is 10.6 Å². The number of hydrogen-bond donors (Lipinski definition) is 2. The fourth-order valence-electron chi connectivity index (χ4n) is 1.25. The maximum Gasteiger partial charge on any atom is 0.234 e. The Hall–Kier alpha value is -1.20. The van der Waals surface area contributed by atoms with Gasteiger partial charge < -0.3 is 4.74 Å².